The summed E-state index contributed by atoms with van der Waals surface area (Å²) < 4.78 is 16.7. The van der Waals surface area contributed by atoms with E-state index in [1.807, 2.05) is 28.8 Å². The molecule has 0 atom stereocenters. The maximum Gasteiger partial charge on any atom is 0.249 e. The Balaban J connectivity index is 2.03. The molecule has 26 heavy (non-hydrogen) atoms. The number of carbonyl (C=O) groups is 1. The first-order valence-corrected chi connectivity index (χ1v) is 8.67. The highest BCUT2D eigenvalue weighted by atomic mass is 19.1. The van der Waals surface area contributed by atoms with E-state index >= 15 is 0 Å². The summed E-state index contributed by atoms with van der Waals surface area (Å²) >= 11 is 0. The van der Waals surface area contributed by atoms with Gasteiger partial charge in [-0.1, -0.05) is 49.4 Å². The second-order valence-electron chi connectivity index (χ2n) is 6.46. The number of hydrogen-bond acceptors (Lipinski definition) is 1. The largest absolute Gasteiger partial charge is 0.366 e. The molecular weight excluding hydrogens is 327 g/mol. The predicted octanol–water partition coefficient (Wildman–Crippen LogP) is 4.64. The summed E-state index contributed by atoms with van der Waals surface area (Å²) in [5.41, 5.74) is 9.62. The minimum Gasteiger partial charge on any atom is -0.366 e. The van der Waals surface area contributed by atoms with Gasteiger partial charge in [-0.05, 0) is 35.7 Å². The van der Waals surface area contributed by atoms with E-state index in [2.05, 4.69) is 19.1 Å². The van der Waals surface area contributed by atoms with Crippen LogP contribution in [0.3, 0.4) is 0 Å². The van der Waals surface area contributed by atoms with E-state index in [1.54, 1.807) is 18.2 Å². The fraction of sp³-hybridized carbons (Fsp3) is 0.136. The third-order valence-corrected chi connectivity index (χ3v) is 4.87. The topological polar surface area (TPSA) is 48.0 Å². The fourth-order valence-corrected chi connectivity index (χ4v) is 3.66. The Bertz CT molecular complexity index is 1140. The Morgan fingerprint density at radius 2 is 1.77 bits per heavy atom. The van der Waals surface area contributed by atoms with Gasteiger partial charge >= 0.3 is 0 Å². The summed E-state index contributed by atoms with van der Waals surface area (Å²) in [5, 5.41) is 1.42. The molecule has 4 heteroatoms. The molecule has 0 aliphatic carbocycles. The number of nitrogens with two attached hydrogens (primary N) is 1. The standard InChI is InChI=1S/C22H19FN2O/c1-2-14-6-3-7-15(12-14)13-25-19-11-5-9-17(22(24)26)20(19)16-8-4-10-18(23)21(16)25/h3-12H,2,13H2,1H3,(H2,24,26). The van der Waals surface area contributed by atoms with Crippen LogP contribution in [0.4, 0.5) is 4.39 Å². The lowest BCUT2D eigenvalue weighted by Gasteiger charge is -2.10. The average molecular weight is 346 g/mol. The van der Waals surface area contributed by atoms with Crippen molar-refractivity contribution >= 4 is 27.7 Å². The van der Waals surface area contributed by atoms with Crippen molar-refractivity contribution in [1.82, 2.24) is 4.57 Å². The molecule has 130 valence electrons. The van der Waals surface area contributed by atoms with Crippen molar-refractivity contribution in [3.05, 3.63) is 83.2 Å². The lowest BCUT2D eigenvalue weighted by atomic mass is 10.1. The number of rotatable bonds is 4. The van der Waals surface area contributed by atoms with Crippen molar-refractivity contribution in [3.63, 3.8) is 0 Å². The van der Waals surface area contributed by atoms with Gasteiger partial charge in [-0.2, -0.15) is 0 Å². The van der Waals surface area contributed by atoms with Crippen LogP contribution in [0, 0.1) is 5.82 Å². The van der Waals surface area contributed by atoms with Gasteiger partial charge in [-0.15, -0.1) is 0 Å². The van der Waals surface area contributed by atoms with E-state index in [0.717, 1.165) is 17.5 Å². The molecule has 3 nitrogen and oxygen atoms in total. The Morgan fingerprint density at radius 1 is 1.04 bits per heavy atom. The molecule has 4 aromatic rings. The molecule has 1 aromatic heterocycles. The summed E-state index contributed by atoms with van der Waals surface area (Å²) in [7, 11) is 0. The maximum absolute atomic E-state index is 14.7. The van der Waals surface area contributed by atoms with Crippen LogP contribution in [0.25, 0.3) is 21.8 Å². The number of aryl methyl sites for hydroxylation is 1. The number of amides is 1. The molecule has 0 spiro atoms. The lowest BCUT2D eigenvalue weighted by Crippen LogP contribution is -2.11. The fourth-order valence-electron chi connectivity index (χ4n) is 3.66. The number of benzene rings is 3. The molecule has 0 saturated heterocycles. The van der Waals surface area contributed by atoms with Gasteiger partial charge in [0.1, 0.15) is 5.82 Å². The molecule has 0 fully saturated rings. The van der Waals surface area contributed by atoms with Gasteiger partial charge in [-0.25, -0.2) is 4.39 Å². The van der Waals surface area contributed by atoms with Gasteiger partial charge in [0.25, 0.3) is 0 Å². The normalized spacial score (nSPS) is 11.3. The van der Waals surface area contributed by atoms with Gasteiger partial charge in [-0.3, -0.25) is 4.79 Å². The summed E-state index contributed by atoms with van der Waals surface area (Å²) in [6.07, 6.45) is 0.946. The molecule has 0 bridgehead atoms. The second kappa shape index (κ2) is 6.30. The van der Waals surface area contributed by atoms with Crippen LogP contribution < -0.4 is 5.73 Å². The first-order valence-electron chi connectivity index (χ1n) is 8.67. The number of carbonyl (C=O) groups excluding carboxylic acids is 1. The van der Waals surface area contributed by atoms with Crippen molar-refractivity contribution in [2.45, 2.75) is 19.9 Å². The molecule has 4 rings (SSSR count). The predicted molar refractivity (Wildman–Crippen MR) is 103 cm³/mol. The first-order chi connectivity index (χ1) is 12.6. The van der Waals surface area contributed by atoms with Crippen LogP contribution in [-0.4, -0.2) is 10.5 Å². The molecule has 0 unspecified atom stereocenters. The zero-order chi connectivity index (χ0) is 18.3. The van der Waals surface area contributed by atoms with Crippen molar-refractivity contribution in [2.24, 2.45) is 5.73 Å². The number of primary amides is 1. The zero-order valence-electron chi connectivity index (χ0n) is 14.5. The summed E-state index contributed by atoms with van der Waals surface area (Å²) in [5.74, 6) is -0.812. The van der Waals surface area contributed by atoms with Crippen LogP contribution in [0.1, 0.15) is 28.4 Å². The molecular formula is C22H19FN2O. The second-order valence-corrected chi connectivity index (χ2v) is 6.46. The van der Waals surface area contributed by atoms with Crippen molar-refractivity contribution in [3.8, 4) is 0 Å². The van der Waals surface area contributed by atoms with Crippen LogP contribution in [-0.2, 0) is 13.0 Å². The molecule has 0 radical (unpaired) electrons. The van der Waals surface area contributed by atoms with Crippen LogP contribution in [0.2, 0.25) is 0 Å². The minimum atomic E-state index is -0.508. The minimum absolute atomic E-state index is 0.305. The quantitative estimate of drug-likeness (QED) is 0.575. The number of fused-ring (bicyclic) bond motifs is 3. The van der Waals surface area contributed by atoms with Crippen molar-refractivity contribution < 1.29 is 9.18 Å². The van der Waals surface area contributed by atoms with Gasteiger partial charge < -0.3 is 10.3 Å². The Labute approximate surface area is 150 Å². The number of aromatic nitrogens is 1. The highest BCUT2D eigenvalue weighted by Gasteiger charge is 2.18. The van der Waals surface area contributed by atoms with Gasteiger partial charge in [0.05, 0.1) is 11.0 Å². The van der Waals surface area contributed by atoms with Crippen LogP contribution in [0.15, 0.2) is 60.7 Å². The number of nitrogens with zero attached hydrogens (tertiary/aromatic N) is 1. The van der Waals surface area contributed by atoms with E-state index in [0.29, 0.717) is 28.4 Å². The van der Waals surface area contributed by atoms with Gasteiger partial charge in [0.2, 0.25) is 5.91 Å². The lowest BCUT2D eigenvalue weighted by molar-refractivity contribution is 0.100. The molecule has 1 amide bonds. The smallest absolute Gasteiger partial charge is 0.249 e. The zero-order valence-corrected chi connectivity index (χ0v) is 14.5. The van der Waals surface area contributed by atoms with E-state index in [4.69, 9.17) is 5.73 Å². The van der Waals surface area contributed by atoms with Crippen LogP contribution >= 0.6 is 0 Å². The third kappa shape index (κ3) is 2.54. The number of hydrogen-bond donors (Lipinski definition) is 1. The molecule has 3 aromatic carbocycles. The molecule has 0 aliphatic heterocycles. The highest BCUT2D eigenvalue weighted by Crippen LogP contribution is 2.33. The SMILES string of the molecule is CCc1cccc(Cn2c3cccc(C(N)=O)c3c3cccc(F)c32)c1. The Hall–Kier alpha value is -3.14. The van der Waals surface area contributed by atoms with E-state index < -0.39 is 5.91 Å². The van der Waals surface area contributed by atoms with E-state index in [9.17, 15) is 9.18 Å². The summed E-state index contributed by atoms with van der Waals surface area (Å²) in [6.45, 7) is 2.63. The highest BCUT2D eigenvalue weighted by molar-refractivity contribution is 6.17. The van der Waals surface area contributed by atoms with Crippen molar-refractivity contribution in [1.29, 1.82) is 0 Å². The number of para-hydroxylation sites is 1. The summed E-state index contributed by atoms with van der Waals surface area (Å²) in [4.78, 5) is 11.9. The summed E-state index contributed by atoms with van der Waals surface area (Å²) in [6, 6.07) is 18.6. The van der Waals surface area contributed by atoms with Crippen LogP contribution in [0.5, 0.6) is 0 Å². The van der Waals surface area contributed by atoms with Gasteiger partial charge in [0, 0.05) is 22.9 Å². The Kier molecular flexibility index (Phi) is 3.96. The van der Waals surface area contributed by atoms with E-state index in [-0.39, 0.29) is 5.82 Å². The van der Waals surface area contributed by atoms with Crippen molar-refractivity contribution in [2.75, 3.05) is 0 Å². The molecule has 2 N–H and O–H groups in total. The third-order valence-electron chi connectivity index (χ3n) is 4.87. The monoisotopic (exact) mass is 346 g/mol. The number of halogens is 1. The maximum atomic E-state index is 14.7. The molecule has 0 saturated carbocycles. The average Bonchev–Trinajstić information content (AvgIpc) is 2.97. The first kappa shape index (κ1) is 16.3. The molecule has 1 heterocycles. The van der Waals surface area contributed by atoms with Gasteiger partial charge in [0.15, 0.2) is 0 Å². The molecule has 0 aliphatic rings. The van der Waals surface area contributed by atoms with E-state index in [1.165, 1.54) is 11.6 Å². The Morgan fingerprint density at radius 3 is 2.54 bits per heavy atom.